The number of fused-ring (bicyclic) bond motifs is 1. The van der Waals surface area contributed by atoms with Crippen molar-refractivity contribution in [1.29, 1.82) is 0 Å². The van der Waals surface area contributed by atoms with Crippen LogP contribution in [0, 0.1) is 0 Å². The fourth-order valence-electron chi connectivity index (χ4n) is 2.24. The van der Waals surface area contributed by atoms with Crippen LogP contribution in [0.15, 0.2) is 18.2 Å². The third-order valence-electron chi connectivity index (χ3n) is 3.35. The Hall–Kier alpha value is -1.18. The Morgan fingerprint density at radius 2 is 1.59 bits per heavy atom. The van der Waals surface area contributed by atoms with E-state index >= 15 is 0 Å². The number of aryl methyl sites for hydroxylation is 1. The van der Waals surface area contributed by atoms with E-state index < -0.39 is 0 Å². The minimum absolute atomic E-state index is 0.369. The predicted octanol–water partition coefficient (Wildman–Crippen LogP) is 1.45. The highest BCUT2D eigenvalue weighted by Crippen LogP contribution is 2.22. The van der Waals surface area contributed by atoms with Gasteiger partial charge in [-0.05, 0) is 30.0 Å². The smallest absolute Gasteiger partial charge is 0.122 e. The summed E-state index contributed by atoms with van der Waals surface area (Å²) < 4.78 is 22.3. The van der Waals surface area contributed by atoms with Crippen LogP contribution >= 0.6 is 0 Å². The number of nitrogens with two attached hydrogens (primary N) is 1. The zero-order chi connectivity index (χ0) is 15.5. The highest BCUT2D eigenvalue weighted by Gasteiger charge is 2.07. The molecule has 2 N–H and O–H groups in total. The van der Waals surface area contributed by atoms with Gasteiger partial charge in [-0.3, -0.25) is 4.84 Å². The van der Waals surface area contributed by atoms with Crippen molar-refractivity contribution in [3.8, 4) is 5.75 Å². The molecule has 0 saturated carbocycles. The summed E-state index contributed by atoms with van der Waals surface area (Å²) >= 11 is 0. The molecule has 1 aliphatic heterocycles. The lowest BCUT2D eigenvalue weighted by Crippen LogP contribution is -2.12. The molecule has 0 saturated heterocycles. The van der Waals surface area contributed by atoms with Crippen LogP contribution in [0.5, 0.6) is 5.75 Å². The van der Waals surface area contributed by atoms with Gasteiger partial charge in [0.2, 0.25) is 0 Å². The van der Waals surface area contributed by atoms with Crippen LogP contribution in [-0.2, 0) is 32.1 Å². The van der Waals surface area contributed by atoms with Crippen LogP contribution in [0.3, 0.4) is 0 Å². The fraction of sp³-hybridized carbons (Fsp3) is 0.625. The summed E-state index contributed by atoms with van der Waals surface area (Å²) in [5.41, 5.74) is 2.15. The largest absolute Gasteiger partial charge is 0.491 e. The Kier molecular flexibility index (Phi) is 8.22. The molecule has 0 aromatic heterocycles. The molecule has 0 unspecified atom stereocenters. The SMILES string of the molecule is NOCc1ccc2c(c1)OCCOCCOCCOCCC2. The first-order chi connectivity index (χ1) is 10.9. The van der Waals surface area contributed by atoms with E-state index in [1.54, 1.807) is 0 Å². The molecule has 0 atom stereocenters. The zero-order valence-electron chi connectivity index (χ0n) is 12.9. The maximum Gasteiger partial charge on any atom is 0.122 e. The lowest BCUT2D eigenvalue weighted by molar-refractivity contribution is 0.00977. The Morgan fingerprint density at radius 3 is 2.32 bits per heavy atom. The van der Waals surface area contributed by atoms with Gasteiger partial charge >= 0.3 is 0 Å². The average molecular weight is 311 g/mol. The third-order valence-corrected chi connectivity index (χ3v) is 3.35. The number of ether oxygens (including phenoxy) is 4. The number of benzene rings is 1. The van der Waals surface area contributed by atoms with Gasteiger partial charge in [0.1, 0.15) is 12.4 Å². The van der Waals surface area contributed by atoms with Crippen LogP contribution in [0.25, 0.3) is 0 Å². The molecule has 0 aliphatic carbocycles. The molecule has 0 fully saturated rings. The number of hydrogen-bond donors (Lipinski definition) is 1. The highest BCUT2D eigenvalue weighted by atomic mass is 16.6. The van der Waals surface area contributed by atoms with Crippen LogP contribution in [0.1, 0.15) is 17.5 Å². The van der Waals surface area contributed by atoms with Crippen LogP contribution in [0.2, 0.25) is 0 Å². The van der Waals surface area contributed by atoms with Gasteiger partial charge in [0.15, 0.2) is 0 Å². The van der Waals surface area contributed by atoms with Crippen LogP contribution < -0.4 is 10.6 Å². The van der Waals surface area contributed by atoms with E-state index in [2.05, 4.69) is 10.9 Å². The summed E-state index contributed by atoms with van der Waals surface area (Å²) in [5, 5.41) is 0. The molecule has 0 spiro atoms. The van der Waals surface area contributed by atoms with Crippen molar-refractivity contribution in [2.45, 2.75) is 19.4 Å². The van der Waals surface area contributed by atoms with Gasteiger partial charge in [-0.15, -0.1) is 0 Å². The second-order valence-electron chi connectivity index (χ2n) is 5.04. The monoisotopic (exact) mass is 311 g/mol. The number of rotatable bonds is 2. The molecule has 6 heteroatoms. The summed E-state index contributed by atoms with van der Waals surface area (Å²) in [4.78, 5) is 4.69. The van der Waals surface area contributed by atoms with Crippen molar-refractivity contribution < 1.29 is 23.8 Å². The van der Waals surface area contributed by atoms with Crippen molar-refractivity contribution >= 4 is 0 Å². The first-order valence-electron chi connectivity index (χ1n) is 7.69. The summed E-state index contributed by atoms with van der Waals surface area (Å²) in [7, 11) is 0. The van der Waals surface area contributed by atoms with Gasteiger partial charge in [0.05, 0.1) is 39.6 Å². The van der Waals surface area contributed by atoms with Gasteiger partial charge in [0, 0.05) is 6.61 Å². The Balaban J connectivity index is 1.97. The first-order valence-corrected chi connectivity index (χ1v) is 7.69. The second-order valence-corrected chi connectivity index (χ2v) is 5.04. The van der Waals surface area contributed by atoms with E-state index in [1.165, 1.54) is 0 Å². The minimum atomic E-state index is 0.369. The molecule has 0 amide bonds. The van der Waals surface area contributed by atoms with Crippen molar-refractivity contribution in [2.24, 2.45) is 5.90 Å². The molecule has 1 aromatic carbocycles. The Bertz CT molecular complexity index is 427. The molecule has 22 heavy (non-hydrogen) atoms. The van der Waals surface area contributed by atoms with Crippen LogP contribution in [0.4, 0.5) is 0 Å². The van der Waals surface area contributed by atoms with Gasteiger partial charge in [-0.1, -0.05) is 12.1 Å². The molecular formula is C16H25NO5. The third kappa shape index (κ3) is 6.29. The molecule has 124 valence electrons. The first kappa shape index (κ1) is 17.2. The van der Waals surface area contributed by atoms with E-state index in [-0.39, 0.29) is 0 Å². The number of hydrogen-bond acceptors (Lipinski definition) is 6. The fourth-order valence-corrected chi connectivity index (χ4v) is 2.24. The molecule has 0 radical (unpaired) electrons. The maximum absolute atomic E-state index is 5.85. The minimum Gasteiger partial charge on any atom is -0.491 e. The molecular weight excluding hydrogens is 286 g/mol. The molecule has 6 nitrogen and oxygen atoms in total. The standard InChI is InChI=1S/C16H25NO5/c17-22-13-14-3-4-15-2-1-5-18-6-7-19-8-9-20-10-11-21-16(15)12-14/h3-4,12H,1-2,5-11,13,17H2. The van der Waals surface area contributed by atoms with Crippen molar-refractivity contribution in [3.05, 3.63) is 29.3 Å². The van der Waals surface area contributed by atoms with E-state index in [0.717, 1.165) is 29.7 Å². The second kappa shape index (κ2) is 10.5. The molecule has 1 heterocycles. The topological polar surface area (TPSA) is 72.2 Å². The van der Waals surface area contributed by atoms with Crippen LogP contribution in [-0.4, -0.2) is 46.2 Å². The zero-order valence-corrected chi connectivity index (χ0v) is 12.9. The van der Waals surface area contributed by atoms with Gasteiger partial charge < -0.3 is 18.9 Å². The van der Waals surface area contributed by atoms with Gasteiger partial charge in [-0.25, -0.2) is 5.90 Å². The molecule has 0 bridgehead atoms. The van der Waals surface area contributed by atoms with E-state index in [9.17, 15) is 0 Å². The normalized spacial score (nSPS) is 18.6. The van der Waals surface area contributed by atoms with E-state index in [1.807, 2.05) is 12.1 Å². The predicted molar refractivity (Wildman–Crippen MR) is 81.7 cm³/mol. The summed E-state index contributed by atoms with van der Waals surface area (Å²) in [6, 6.07) is 6.05. The van der Waals surface area contributed by atoms with E-state index in [0.29, 0.717) is 52.9 Å². The Labute approximate surface area is 131 Å². The molecule has 1 aromatic rings. The summed E-state index contributed by atoms with van der Waals surface area (Å²) in [6.45, 7) is 4.51. The maximum atomic E-state index is 5.85. The highest BCUT2D eigenvalue weighted by molar-refractivity contribution is 5.37. The van der Waals surface area contributed by atoms with Gasteiger partial charge in [0.25, 0.3) is 0 Å². The quantitative estimate of drug-likeness (QED) is 0.834. The summed E-state index contributed by atoms with van der Waals surface area (Å²) in [6.07, 6.45) is 1.85. The molecule has 1 aliphatic rings. The lowest BCUT2D eigenvalue weighted by Gasteiger charge is -2.13. The van der Waals surface area contributed by atoms with E-state index in [4.69, 9.17) is 24.8 Å². The van der Waals surface area contributed by atoms with Gasteiger partial charge in [-0.2, -0.15) is 0 Å². The Morgan fingerprint density at radius 1 is 0.909 bits per heavy atom. The summed E-state index contributed by atoms with van der Waals surface area (Å²) in [5.74, 6) is 6.00. The average Bonchev–Trinajstić information content (AvgIpc) is 2.54. The molecule has 2 rings (SSSR count). The van der Waals surface area contributed by atoms with Crippen molar-refractivity contribution in [2.75, 3.05) is 46.2 Å². The lowest BCUT2D eigenvalue weighted by atomic mass is 10.1. The van der Waals surface area contributed by atoms with Crippen molar-refractivity contribution in [1.82, 2.24) is 0 Å². The van der Waals surface area contributed by atoms with Crippen molar-refractivity contribution in [3.63, 3.8) is 0 Å².